The third-order valence-corrected chi connectivity index (χ3v) is 2.92. The molecule has 1 heterocycles. The molecule has 0 saturated heterocycles. The molecule has 2 rings (SSSR count). The number of benzene rings is 1. The number of furan rings is 1. The number of rotatable bonds is 3. The average Bonchev–Trinajstić information content (AvgIpc) is 2.58. The summed E-state index contributed by atoms with van der Waals surface area (Å²) in [5.74, 6) is -0.891. The second-order valence-electron chi connectivity index (χ2n) is 4.42. The summed E-state index contributed by atoms with van der Waals surface area (Å²) in [4.78, 5) is 11.2. The van der Waals surface area contributed by atoms with Crippen molar-refractivity contribution < 1.29 is 14.3 Å². The van der Waals surface area contributed by atoms with Crippen LogP contribution in [-0.4, -0.2) is 11.1 Å². The molecule has 0 spiro atoms. The van der Waals surface area contributed by atoms with E-state index in [2.05, 4.69) is 0 Å². The summed E-state index contributed by atoms with van der Waals surface area (Å²) in [6.45, 7) is 5.99. The maximum Gasteiger partial charge on any atom is 0.372 e. The fourth-order valence-corrected chi connectivity index (χ4v) is 2.27. The molecule has 0 amide bonds. The molecule has 2 aromatic rings. The zero-order chi connectivity index (χ0) is 12.6. The molecule has 0 radical (unpaired) electrons. The second kappa shape index (κ2) is 4.24. The summed E-state index contributed by atoms with van der Waals surface area (Å²) in [5.41, 5.74) is 3.65. The maximum absolute atomic E-state index is 11.2. The Morgan fingerprint density at radius 2 is 2.06 bits per heavy atom. The van der Waals surface area contributed by atoms with Crippen molar-refractivity contribution in [2.75, 3.05) is 0 Å². The predicted molar refractivity (Wildman–Crippen MR) is 66.6 cm³/mol. The fraction of sp³-hybridized carbons (Fsp3) is 0.357. The van der Waals surface area contributed by atoms with Gasteiger partial charge in [0.25, 0.3) is 0 Å². The SMILES string of the molecule is CCCc1c(C(=O)O)oc2c(C)cc(C)cc12. The van der Waals surface area contributed by atoms with Gasteiger partial charge in [0, 0.05) is 10.9 Å². The Hall–Kier alpha value is -1.77. The van der Waals surface area contributed by atoms with Gasteiger partial charge < -0.3 is 9.52 Å². The fourth-order valence-electron chi connectivity index (χ4n) is 2.27. The van der Waals surface area contributed by atoms with E-state index in [9.17, 15) is 4.79 Å². The van der Waals surface area contributed by atoms with Crippen molar-refractivity contribution in [3.63, 3.8) is 0 Å². The summed E-state index contributed by atoms with van der Waals surface area (Å²) >= 11 is 0. The van der Waals surface area contributed by atoms with E-state index >= 15 is 0 Å². The molecule has 3 heteroatoms. The normalized spacial score (nSPS) is 11.0. The van der Waals surface area contributed by atoms with Crippen LogP contribution in [0.3, 0.4) is 0 Å². The Bertz CT molecular complexity index is 579. The van der Waals surface area contributed by atoms with Crippen LogP contribution in [0.5, 0.6) is 0 Å². The minimum Gasteiger partial charge on any atom is -0.475 e. The van der Waals surface area contributed by atoms with Gasteiger partial charge in [-0.05, 0) is 37.5 Å². The molecule has 17 heavy (non-hydrogen) atoms. The standard InChI is InChI=1S/C14H16O3/c1-4-5-10-11-7-8(2)6-9(3)12(11)17-13(10)14(15)16/h6-7H,4-5H2,1-3H3,(H,15,16). The number of carbonyl (C=O) groups is 1. The van der Waals surface area contributed by atoms with Crippen LogP contribution in [0.2, 0.25) is 0 Å². The van der Waals surface area contributed by atoms with Crippen LogP contribution >= 0.6 is 0 Å². The maximum atomic E-state index is 11.2. The summed E-state index contributed by atoms with van der Waals surface area (Å²) in [7, 11) is 0. The lowest BCUT2D eigenvalue weighted by Gasteiger charge is -1.99. The molecular formula is C14H16O3. The monoisotopic (exact) mass is 232 g/mol. The largest absolute Gasteiger partial charge is 0.475 e. The van der Waals surface area contributed by atoms with Crippen LogP contribution < -0.4 is 0 Å². The third-order valence-electron chi connectivity index (χ3n) is 2.92. The lowest BCUT2D eigenvalue weighted by atomic mass is 10.0. The molecule has 0 aliphatic rings. The molecule has 0 unspecified atom stereocenters. The first-order valence-corrected chi connectivity index (χ1v) is 5.80. The Balaban J connectivity index is 2.79. The molecule has 0 saturated carbocycles. The number of hydrogen-bond donors (Lipinski definition) is 1. The number of carboxylic acids is 1. The lowest BCUT2D eigenvalue weighted by molar-refractivity contribution is 0.0663. The minimum absolute atomic E-state index is 0.0931. The first kappa shape index (κ1) is 11.7. The van der Waals surface area contributed by atoms with Crippen LogP contribution in [0.15, 0.2) is 16.5 Å². The number of hydrogen-bond acceptors (Lipinski definition) is 2. The van der Waals surface area contributed by atoms with Crippen molar-refractivity contribution in [3.8, 4) is 0 Å². The highest BCUT2D eigenvalue weighted by molar-refractivity contribution is 5.96. The summed E-state index contributed by atoms with van der Waals surface area (Å²) in [6.07, 6.45) is 1.64. The highest BCUT2D eigenvalue weighted by Gasteiger charge is 2.20. The highest BCUT2D eigenvalue weighted by Crippen LogP contribution is 2.30. The van der Waals surface area contributed by atoms with E-state index in [0.717, 1.165) is 34.9 Å². The molecule has 0 atom stereocenters. The first-order chi connectivity index (χ1) is 8.04. The molecular weight excluding hydrogens is 216 g/mol. The van der Waals surface area contributed by atoms with Gasteiger partial charge in [-0.1, -0.05) is 19.4 Å². The van der Waals surface area contributed by atoms with Gasteiger partial charge in [0.1, 0.15) is 5.58 Å². The summed E-state index contributed by atoms with van der Waals surface area (Å²) < 4.78 is 5.50. The summed E-state index contributed by atoms with van der Waals surface area (Å²) in [5, 5.41) is 10.1. The molecule has 0 fully saturated rings. The van der Waals surface area contributed by atoms with E-state index < -0.39 is 5.97 Å². The average molecular weight is 232 g/mol. The Labute approximate surface area is 100 Å². The number of aryl methyl sites for hydroxylation is 3. The van der Waals surface area contributed by atoms with Crippen molar-refractivity contribution in [3.05, 3.63) is 34.6 Å². The molecule has 3 nitrogen and oxygen atoms in total. The molecule has 0 aliphatic carbocycles. The Morgan fingerprint density at radius 3 is 2.65 bits per heavy atom. The van der Waals surface area contributed by atoms with Gasteiger partial charge in [-0.25, -0.2) is 4.79 Å². The van der Waals surface area contributed by atoms with E-state index in [1.54, 1.807) is 0 Å². The van der Waals surface area contributed by atoms with Gasteiger partial charge in [0.15, 0.2) is 0 Å². The molecule has 90 valence electrons. The number of carboxylic acid groups (broad SMARTS) is 1. The van der Waals surface area contributed by atoms with Crippen LogP contribution in [0.25, 0.3) is 11.0 Å². The predicted octanol–water partition coefficient (Wildman–Crippen LogP) is 3.70. The van der Waals surface area contributed by atoms with Gasteiger partial charge in [0.05, 0.1) is 0 Å². The topological polar surface area (TPSA) is 50.4 Å². The zero-order valence-electron chi connectivity index (χ0n) is 10.3. The molecule has 0 bridgehead atoms. The van der Waals surface area contributed by atoms with E-state index in [0.29, 0.717) is 5.58 Å². The number of fused-ring (bicyclic) bond motifs is 1. The van der Waals surface area contributed by atoms with Crippen molar-refractivity contribution in [2.24, 2.45) is 0 Å². The smallest absolute Gasteiger partial charge is 0.372 e. The van der Waals surface area contributed by atoms with Gasteiger partial charge in [-0.2, -0.15) is 0 Å². The summed E-state index contributed by atoms with van der Waals surface area (Å²) in [6, 6.07) is 4.01. The molecule has 0 aliphatic heterocycles. The van der Waals surface area contributed by atoms with Crippen LogP contribution in [0.1, 0.15) is 40.6 Å². The van der Waals surface area contributed by atoms with E-state index in [1.165, 1.54) is 0 Å². The van der Waals surface area contributed by atoms with Crippen LogP contribution in [-0.2, 0) is 6.42 Å². The van der Waals surface area contributed by atoms with Crippen molar-refractivity contribution in [1.29, 1.82) is 0 Å². The highest BCUT2D eigenvalue weighted by atomic mass is 16.4. The molecule has 1 aromatic heterocycles. The zero-order valence-corrected chi connectivity index (χ0v) is 10.3. The van der Waals surface area contributed by atoms with E-state index in [1.807, 2.05) is 32.9 Å². The van der Waals surface area contributed by atoms with Gasteiger partial charge in [-0.15, -0.1) is 0 Å². The van der Waals surface area contributed by atoms with Gasteiger partial charge in [-0.3, -0.25) is 0 Å². The second-order valence-corrected chi connectivity index (χ2v) is 4.42. The Kier molecular flexibility index (Phi) is 2.92. The van der Waals surface area contributed by atoms with Crippen LogP contribution in [0, 0.1) is 13.8 Å². The minimum atomic E-state index is -0.985. The first-order valence-electron chi connectivity index (χ1n) is 5.80. The van der Waals surface area contributed by atoms with E-state index in [4.69, 9.17) is 9.52 Å². The Morgan fingerprint density at radius 1 is 1.35 bits per heavy atom. The van der Waals surface area contributed by atoms with Crippen LogP contribution in [0.4, 0.5) is 0 Å². The van der Waals surface area contributed by atoms with E-state index in [-0.39, 0.29) is 5.76 Å². The van der Waals surface area contributed by atoms with Gasteiger partial charge >= 0.3 is 5.97 Å². The molecule has 1 aromatic carbocycles. The lowest BCUT2D eigenvalue weighted by Crippen LogP contribution is -1.98. The van der Waals surface area contributed by atoms with Crippen molar-refractivity contribution in [2.45, 2.75) is 33.6 Å². The van der Waals surface area contributed by atoms with Crippen molar-refractivity contribution in [1.82, 2.24) is 0 Å². The van der Waals surface area contributed by atoms with Gasteiger partial charge in [0.2, 0.25) is 5.76 Å². The third kappa shape index (κ3) is 1.93. The quantitative estimate of drug-likeness (QED) is 0.877. The molecule has 1 N–H and O–H groups in total. The van der Waals surface area contributed by atoms with Crippen molar-refractivity contribution >= 4 is 16.9 Å². The number of aromatic carboxylic acids is 1.